The lowest BCUT2D eigenvalue weighted by Crippen LogP contribution is -2.27. The SMILES string of the molecule is O=C1S/C(=C\c2cc([N+](=O)[O-])c(Cl)cc2Cl)C(=O)N1Cc1ccccc1. The highest BCUT2D eigenvalue weighted by Crippen LogP contribution is 2.37. The predicted octanol–water partition coefficient (Wildman–Crippen LogP) is 5.14. The van der Waals surface area contributed by atoms with Crippen LogP contribution in [0.15, 0.2) is 47.4 Å². The smallest absolute Gasteiger partial charge is 0.268 e. The second kappa shape index (κ2) is 7.49. The predicted molar refractivity (Wildman–Crippen MR) is 101 cm³/mol. The third-order valence-corrected chi connectivity index (χ3v) is 5.14. The van der Waals surface area contributed by atoms with Crippen molar-refractivity contribution in [1.29, 1.82) is 0 Å². The van der Waals surface area contributed by atoms with E-state index in [1.807, 2.05) is 30.3 Å². The van der Waals surface area contributed by atoms with E-state index in [2.05, 4.69) is 0 Å². The molecule has 1 saturated heterocycles. The molecule has 2 aromatic rings. The van der Waals surface area contributed by atoms with Crippen molar-refractivity contribution in [2.75, 3.05) is 0 Å². The van der Waals surface area contributed by atoms with E-state index in [1.54, 1.807) is 0 Å². The van der Waals surface area contributed by atoms with Crippen LogP contribution in [-0.4, -0.2) is 21.0 Å². The van der Waals surface area contributed by atoms with Crippen LogP contribution in [0.2, 0.25) is 10.0 Å². The van der Waals surface area contributed by atoms with Gasteiger partial charge in [0.15, 0.2) is 0 Å². The summed E-state index contributed by atoms with van der Waals surface area (Å²) in [6.07, 6.45) is 1.36. The molecule has 9 heteroatoms. The third-order valence-electron chi connectivity index (χ3n) is 3.61. The van der Waals surface area contributed by atoms with Crippen molar-refractivity contribution < 1.29 is 14.5 Å². The van der Waals surface area contributed by atoms with E-state index in [0.29, 0.717) is 0 Å². The number of amides is 2. The lowest BCUT2D eigenvalue weighted by Gasteiger charge is -2.12. The Hall–Kier alpha value is -2.35. The number of benzene rings is 2. The summed E-state index contributed by atoms with van der Waals surface area (Å²) in [4.78, 5) is 36.3. The molecule has 0 radical (unpaired) electrons. The molecule has 0 bridgehead atoms. The molecule has 0 spiro atoms. The fourth-order valence-corrected chi connectivity index (χ4v) is 3.68. The molecule has 0 unspecified atom stereocenters. The summed E-state index contributed by atoms with van der Waals surface area (Å²) in [5.74, 6) is -0.475. The summed E-state index contributed by atoms with van der Waals surface area (Å²) in [5.41, 5.74) is 0.732. The molecule has 6 nitrogen and oxygen atoms in total. The minimum absolute atomic E-state index is 0.102. The number of thioether (sulfide) groups is 1. The van der Waals surface area contributed by atoms with Crippen molar-refractivity contribution in [3.8, 4) is 0 Å². The molecule has 0 atom stereocenters. The average molecular weight is 409 g/mol. The van der Waals surface area contributed by atoms with Gasteiger partial charge in [-0.2, -0.15) is 0 Å². The molecule has 0 aromatic heterocycles. The van der Waals surface area contributed by atoms with Crippen LogP contribution >= 0.6 is 35.0 Å². The summed E-state index contributed by atoms with van der Waals surface area (Å²) in [6, 6.07) is 11.5. The molecule has 1 aliphatic heterocycles. The van der Waals surface area contributed by atoms with Crippen molar-refractivity contribution in [1.82, 2.24) is 4.90 Å². The average Bonchev–Trinajstić information content (AvgIpc) is 2.85. The number of nitrogens with zero attached hydrogens (tertiary/aromatic N) is 2. The van der Waals surface area contributed by atoms with Crippen molar-refractivity contribution in [2.24, 2.45) is 0 Å². The zero-order valence-corrected chi connectivity index (χ0v) is 15.3. The summed E-state index contributed by atoms with van der Waals surface area (Å²) in [5, 5.41) is 10.7. The molecule has 2 amide bonds. The van der Waals surface area contributed by atoms with Crippen molar-refractivity contribution in [2.45, 2.75) is 6.54 Å². The van der Waals surface area contributed by atoms with E-state index < -0.39 is 16.1 Å². The van der Waals surface area contributed by atoms with Gasteiger partial charge in [-0.05, 0) is 29.5 Å². The van der Waals surface area contributed by atoms with Crippen LogP contribution in [0.3, 0.4) is 0 Å². The van der Waals surface area contributed by atoms with Gasteiger partial charge in [-0.3, -0.25) is 24.6 Å². The number of rotatable bonds is 4. The minimum atomic E-state index is -0.642. The Morgan fingerprint density at radius 2 is 1.81 bits per heavy atom. The Bertz CT molecular complexity index is 947. The van der Waals surface area contributed by atoms with Crippen LogP contribution in [0, 0.1) is 10.1 Å². The first kappa shape index (κ1) is 18.4. The number of nitro benzene ring substituents is 1. The number of carbonyl (C=O) groups is 2. The molecule has 2 aromatic carbocycles. The number of nitro groups is 1. The van der Waals surface area contributed by atoms with E-state index in [1.165, 1.54) is 18.2 Å². The highest BCUT2D eigenvalue weighted by molar-refractivity contribution is 8.18. The van der Waals surface area contributed by atoms with Gasteiger partial charge in [-0.1, -0.05) is 53.5 Å². The summed E-state index contributed by atoms with van der Waals surface area (Å²) < 4.78 is 0. The molecule has 1 aliphatic rings. The van der Waals surface area contributed by atoms with Gasteiger partial charge in [-0.15, -0.1) is 0 Å². The Kier molecular flexibility index (Phi) is 5.31. The molecule has 132 valence electrons. The second-order valence-corrected chi connectivity index (χ2v) is 7.14. The second-order valence-electron chi connectivity index (χ2n) is 5.34. The van der Waals surface area contributed by atoms with Gasteiger partial charge < -0.3 is 0 Å². The molecule has 0 saturated carbocycles. The number of hydrogen-bond donors (Lipinski definition) is 0. The maximum Gasteiger partial charge on any atom is 0.293 e. The van der Waals surface area contributed by atoms with Crippen LogP contribution in [0.4, 0.5) is 10.5 Å². The van der Waals surface area contributed by atoms with Gasteiger partial charge in [0.25, 0.3) is 16.8 Å². The fraction of sp³-hybridized carbons (Fsp3) is 0.0588. The van der Waals surface area contributed by atoms with Crippen molar-refractivity contribution in [3.63, 3.8) is 0 Å². The molecule has 3 rings (SSSR count). The topological polar surface area (TPSA) is 80.5 Å². The van der Waals surface area contributed by atoms with Gasteiger partial charge in [0, 0.05) is 16.7 Å². The number of halogens is 2. The van der Waals surface area contributed by atoms with Gasteiger partial charge in [0.2, 0.25) is 0 Å². The Morgan fingerprint density at radius 1 is 1.12 bits per heavy atom. The van der Waals surface area contributed by atoms with Crippen LogP contribution in [0.5, 0.6) is 0 Å². The van der Waals surface area contributed by atoms with Crippen LogP contribution in [0.25, 0.3) is 6.08 Å². The van der Waals surface area contributed by atoms with E-state index in [9.17, 15) is 19.7 Å². The lowest BCUT2D eigenvalue weighted by molar-refractivity contribution is -0.384. The molecule has 0 N–H and O–H groups in total. The van der Waals surface area contributed by atoms with Crippen molar-refractivity contribution in [3.05, 3.63) is 78.7 Å². The number of carbonyl (C=O) groups excluding carboxylic acids is 2. The Balaban J connectivity index is 1.91. The molecular weight excluding hydrogens is 399 g/mol. The maximum absolute atomic E-state index is 12.5. The van der Waals surface area contributed by atoms with Crippen LogP contribution in [0.1, 0.15) is 11.1 Å². The quantitative estimate of drug-likeness (QED) is 0.397. The highest BCUT2D eigenvalue weighted by Gasteiger charge is 2.35. The van der Waals surface area contributed by atoms with Gasteiger partial charge in [0.05, 0.1) is 16.4 Å². The first-order chi connectivity index (χ1) is 12.4. The number of hydrogen-bond acceptors (Lipinski definition) is 5. The molecule has 1 fully saturated rings. The summed E-state index contributed by atoms with van der Waals surface area (Å²) >= 11 is 12.6. The summed E-state index contributed by atoms with van der Waals surface area (Å²) in [7, 11) is 0. The van der Waals surface area contributed by atoms with Crippen LogP contribution < -0.4 is 0 Å². The number of imide groups is 1. The van der Waals surface area contributed by atoms with Crippen LogP contribution in [-0.2, 0) is 11.3 Å². The third kappa shape index (κ3) is 3.75. The Labute approximate surface area is 162 Å². The Morgan fingerprint density at radius 3 is 2.46 bits per heavy atom. The lowest BCUT2D eigenvalue weighted by atomic mass is 10.1. The fourth-order valence-electron chi connectivity index (χ4n) is 2.35. The normalized spacial score (nSPS) is 15.8. The maximum atomic E-state index is 12.5. The molecule has 0 aliphatic carbocycles. The monoisotopic (exact) mass is 408 g/mol. The summed E-state index contributed by atoms with van der Waals surface area (Å²) in [6.45, 7) is 0.150. The van der Waals surface area contributed by atoms with E-state index in [4.69, 9.17) is 23.2 Å². The van der Waals surface area contributed by atoms with Gasteiger partial charge in [-0.25, -0.2) is 0 Å². The zero-order valence-electron chi connectivity index (χ0n) is 13.0. The highest BCUT2D eigenvalue weighted by atomic mass is 35.5. The minimum Gasteiger partial charge on any atom is -0.268 e. The first-order valence-electron chi connectivity index (χ1n) is 7.29. The molecule has 26 heavy (non-hydrogen) atoms. The largest absolute Gasteiger partial charge is 0.293 e. The van der Waals surface area contributed by atoms with E-state index in [-0.39, 0.29) is 32.7 Å². The standard InChI is InChI=1S/C17H10Cl2N2O4S/c18-12-8-13(19)14(21(24)25)6-11(12)7-15-16(22)20(17(23)26-15)9-10-4-2-1-3-5-10/h1-8H,9H2/b15-7-. The van der Waals surface area contributed by atoms with E-state index in [0.717, 1.165) is 22.2 Å². The molecule has 1 heterocycles. The zero-order chi connectivity index (χ0) is 18.8. The first-order valence-corrected chi connectivity index (χ1v) is 8.87. The van der Waals surface area contributed by atoms with Gasteiger partial charge in [0.1, 0.15) is 5.02 Å². The molecular formula is C17H10Cl2N2O4S. The van der Waals surface area contributed by atoms with Gasteiger partial charge >= 0.3 is 0 Å². The van der Waals surface area contributed by atoms with Crippen molar-refractivity contribution >= 4 is 57.9 Å². The van der Waals surface area contributed by atoms with E-state index >= 15 is 0 Å².